The van der Waals surface area contributed by atoms with E-state index in [0.717, 1.165) is 23.0 Å². The Labute approximate surface area is 112 Å². The average Bonchev–Trinajstić information content (AvgIpc) is 2.39. The van der Waals surface area contributed by atoms with Gasteiger partial charge in [-0.05, 0) is 6.42 Å². The van der Waals surface area contributed by atoms with E-state index in [4.69, 9.17) is 11.6 Å². The van der Waals surface area contributed by atoms with Crippen molar-refractivity contribution in [3.63, 3.8) is 0 Å². The van der Waals surface area contributed by atoms with Gasteiger partial charge in [0.25, 0.3) is 0 Å². The van der Waals surface area contributed by atoms with Crippen LogP contribution in [0.3, 0.4) is 0 Å². The van der Waals surface area contributed by atoms with Gasteiger partial charge in [-0.1, -0.05) is 38.1 Å². The summed E-state index contributed by atoms with van der Waals surface area (Å²) >= 11 is 6.24. The summed E-state index contributed by atoms with van der Waals surface area (Å²) in [4.78, 5) is 0. The molecule has 1 saturated carbocycles. The maximum absolute atomic E-state index is 6.24. The molecule has 0 saturated heterocycles. The van der Waals surface area contributed by atoms with Crippen LogP contribution in [-0.2, 0) is 0 Å². The van der Waals surface area contributed by atoms with Crippen molar-refractivity contribution in [2.45, 2.75) is 31.7 Å². The van der Waals surface area contributed by atoms with Gasteiger partial charge >= 0.3 is 0 Å². The van der Waals surface area contributed by atoms with Crippen LogP contribution < -0.4 is 5.32 Å². The number of benzene rings is 1. The molecule has 4 heteroatoms. The third-order valence-corrected chi connectivity index (χ3v) is 4.77. The molecule has 2 aromatic rings. The standard InChI is InChI=1S/C14H16ClN3/c1-14(2)11(15)7-12(14)17-13-10-6-4-3-5-9(10)8-16-18-13/h3-6,8,11-12H,7H2,1-2H3,(H,17,18). The van der Waals surface area contributed by atoms with Crippen molar-refractivity contribution in [3.05, 3.63) is 30.5 Å². The average molecular weight is 262 g/mol. The van der Waals surface area contributed by atoms with Gasteiger partial charge in [0.15, 0.2) is 5.82 Å². The fraction of sp³-hybridized carbons (Fsp3) is 0.429. The van der Waals surface area contributed by atoms with Crippen molar-refractivity contribution in [1.82, 2.24) is 10.2 Å². The zero-order valence-electron chi connectivity index (χ0n) is 10.5. The molecule has 0 bridgehead atoms. The van der Waals surface area contributed by atoms with Crippen molar-refractivity contribution in [2.24, 2.45) is 5.41 Å². The van der Waals surface area contributed by atoms with Gasteiger partial charge < -0.3 is 5.32 Å². The molecule has 3 nitrogen and oxygen atoms in total. The van der Waals surface area contributed by atoms with Gasteiger partial charge in [0.1, 0.15) is 0 Å². The van der Waals surface area contributed by atoms with Crippen molar-refractivity contribution < 1.29 is 0 Å². The Bertz CT molecular complexity index is 577. The lowest BCUT2D eigenvalue weighted by Gasteiger charge is -2.49. The van der Waals surface area contributed by atoms with Gasteiger partial charge in [0, 0.05) is 27.6 Å². The number of nitrogens with one attached hydrogen (secondary N) is 1. The lowest BCUT2D eigenvalue weighted by Crippen LogP contribution is -2.54. The van der Waals surface area contributed by atoms with Gasteiger partial charge in [-0.3, -0.25) is 0 Å². The number of rotatable bonds is 2. The zero-order valence-corrected chi connectivity index (χ0v) is 11.3. The third-order valence-electron chi connectivity index (χ3n) is 4.03. The number of alkyl halides is 1. The van der Waals surface area contributed by atoms with Crippen LogP contribution in [0.25, 0.3) is 10.8 Å². The maximum atomic E-state index is 6.24. The minimum atomic E-state index is 0.0974. The van der Waals surface area contributed by atoms with E-state index in [1.807, 2.05) is 18.2 Å². The first-order valence-electron chi connectivity index (χ1n) is 6.20. The van der Waals surface area contributed by atoms with Crippen molar-refractivity contribution >= 4 is 28.2 Å². The first kappa shape index (κ1) is 11.7. The second kappa shape index (κ2) is 4.09. The number of fused-ring (bicyclic) bond motifs is 1. The van der Waals surface area contributed by atoms with Crippen molar-refractivity contribution in [2.75, 3.05) is 5.32 Å². The molecule has 0 amide bonds. The number of halogens is 1. The minimum Gasteiger partial charge on any atom is -0.365 e. The summed E-state index contributed by atoms with van der Waals surface area (Å²) in [6.07, 6.45) is 2.76. The molecule has 94 valence electrons. The molecule has 1 aliphatic rings. The summed E-state index contributed by atoms with van der Waals surface area (Å²) in [6.45, 7) is 4.37. The topological polar surface area (TPSA) is 37.8 Å². The first-order valence-corrected chi connectivity index (χ1v) is 6.64. The van der Waals surface area contributed by atoms with E-state index in [2.05, 4.69) is 35.4 Å². The highest BCUT2D eigenvalue weighted by Crippen LogP contribution is 2.45. The zero-order chi connectivity index (χ0) is 12.8. The molecular formula is C14H16ClN3. The van der Waals surface area contributed by atoms with Crippen LogP contribution in [0.4, 0.5) is 5.82 Å². The summed E-state index contributed by atoms with van der Waals surface area (Å²) < 4.78 is 0. The summed E-state index contributed by atoms with van der Waals surface area (Å²) in [6, 6.07) is 8.50. The minimum absolute atomic E-state index is 0.0974. The summed E-state index contributed by atoms with van der Waals surface area (Å²) in [5.41, 5.74) is 0.0974. The molecule has 1 aromatic heterocycles. The first-order chi connectivity index (χ1) is 8.59. The van der Waals surface area contributed by atoms with Crippen LogP contribution in [0, 0.1) is 5.41 Å². The highest BCUT2D eigenvalue weighted by atomic mass is 35.5. The Hall–Kier alpha value is -1.35. The van der Waals surface area contributed by atoms with Gasteiger partial charge in [-0.2, -0.15) is 5.10 Å². The summed E-state index contributed by atoms with van der Waals surface area (Å²) in [7, 11) is 0. The molecule has 1 N–H and O–H groups in total. The number of anilines is 1. The van der Waals surface area contributed by atoms with Gasteiger partial charge in [0.05, 0.1) is 6.20 Å². The van der Waals surface area contributed by atoms with Crippen LogP contribution in [-0.4, -0.2) is 21.6 Å². The predicted molar refractivity (Wildman–Crippen MR) is 75.0 cm³/mol. The number of hydrogen-bond donors (Lipinski definition) is 1. The SMILES string of the molecule is CC1(C)C(Cl)CC1Nc1nncc2ccccc12. The molecule has 18 heavy (non-hydrogen) atoms. The molecule has 0 aliphatic heterocycles. The van der Waals surface area contributed by atoms with Crippen LogP contribution in [0.5, 0.6) is 0 Å². The molecule has 3 rings (SSSR count). The van der Waals surface area contributed by atoms with Gasteiger partial charge in [-0.15, -0.1) is 16.7 Å². The maximum Gasteiger partial charge on any atom is 0.156 e. The Morgan fingerprint density at radius 3 is 2.83 bits per heavy atom. The molecule has 0 radical (unpaired) electrons. The highest BCUT2D eigenvalue weighted by molar-refractivity contribution is 6.22. The third kappa shape index (κ3) is 1.74. The van der Waals surface area contributed by atoms with E-state index in [9.17, 15) is 0 Å². The molecule has 1 fully saturated rings. The Kier molecular flexibility index (Phi) is 2.67. The molecule has 0 spiro atoms. The highest BCUT2D eigenvalue weighted by Gasteiger charge is 2.47. The Balaban J connectivity index is 1.92. The monoisotopic (exact) mass is 261 g/mol. The van der Waals surface area contributed by atoms with Gasteiger partial charge in [-0.25, -0.2) is 0 Å². The Morgan fingerprint density at radius 1 is 1.33 bits per heavy atom. The van der Waals surface area contributed by atoms with Crippen molar-refractivity contribution in [1.29, 1.82) is 0 Å². The molecule has 2 atom stereocenters. The smallest absolute Gasteiger partial charge is 0.156 e. The fourth-order valence-electron chi connectivity index (χ4n) is 2.42. The van der Waals surface area contributed by atoms with E-state index in [1.54, 1.807) is 6.20 Å². The number of aromatic nitrogens is 2. The lowest BCUT2D eigenvalue weighted by molar-refractivity contribution is 0.168. The van der Waals surface area contributed by atoms with Gasteiger partial charge in [0.2, 0.25) is 0 Å². The normalized spacial score (nSPS) is 25.7. The second-order valence-electron chi connectivity index (χ2n) is 5.50. The molecule has 2 unspecified atom stereocenters. The van der Waals surface area contributed by atoms with E-state index in [1.165, 1.54) is 0 Å². The molecule has 1 heterocycles. The molecule has 1 aromatic carbocycles. The largest absolute Gasteiger partial charge is 0.365 e. The van der Waals surface area contributed by atoms with E-state index < -0.39 is 0 Å². The molecular weight excluding hydrogens is 246 g/mol. The van der Waals surface area contributed by atoms with Crippen LogP contribution in [0.1, 0.15) is 20.3 Å². The van der Waals surface area contributed by atoms with Crippen LogP contribution in [0.15, 0.2) is 30.5 Å². The number of hydrogen-bond acceptors (Lipinski definition) is 3. The quantitative estimate of drug-likeness (QED) is 0.842. The van der Waals surface area contributed by atoms with E-state index in [0.29, 0.717) is 6.04 Å². The van der Waals surface area contributed by atoms with E-state index in [-0.39, 0.29) is 10.8 Å². The van der Waals surface area contributed by atoms with Crippen LogP contribution >= 0.6 is 11.6 Å². The predicted octanol–water partition coefficient (Wildman–Crippen LogP) is 3.45. The number of nitrogens with zero attached hydrogens (tertiary/aromatic N) is 2. The van der Waals surface area contributed by atoms with Crippen molar-refractivity contribution in [3.8, 4) is 0 Å². The summed E-state index contributed by atoms with van der Waals surface area (Å²) in [5.74, 6) is 0.856. The fourth-order valence-corrected chi connectivity index (χ4v) is 2.75. The molecule has 1 aliphatic carbocycles. The van der Waals surface area contributed by atoms with E-state index >= 15 is 0 Å². The summed E-state index contributed by atoms with van der Waals surface area (Å²) in [5, 5.41) is 14.2. The second-order valence-corrected chi connectivity index (χ2v) is 6.03. The Morgan fingerprint density at radius 2 is 2.11 bits per heavy atom. The lowest BCUT2D eigenvalue weighted by atomic mass is 9.67. The van der Waals surface area contributed by atoms with Crippen LogP contribution in [0.2, 0.25) is 0 Å².